The van der Waals surface area contributed by atoms with Crippen LogP contribution in [0.4, 0.5) is 29.0 Å². The van der Waals surface area contributed by atoms with Crippen molar-refractivity contribution in [3.05, 3.63) is 108 Å². The fraction of sp³-hybridized carbons (Fsp3) is 0.0408. The van der Waals surface area contributed by atoms with Crippen LogP contribution in [0.1, 0.15) is 0 Å². The fourth-order valence-corrected chi connectivity index (χ4v) is 16.3. The zero-order valence-electron chi connectivity index (χ0n) is 46.8. The number of nitrogens with zero attached hydrogens (tertiary/aromatic N) is 11. The molecule has 0 saturated heterocycles. The van der Waals surface area contributed by atoms with Crippen LogP contribution < -0.4 is 30.5 Å². The van der Waals surface area contributed by atoms with Crippen molar-refractivity contribution in [3.8, 4) is 51.3 Å². The standard InChI is InChI=1S/C49H32ClN15O23S8.Cu/c50-47-62-48(64-49(63-47)53-27-18-21(19-33(38(27)66)95(82,83)84)89(67,68)16-15-88-96(85,86)87)52-26-17-20(13-14-28(26)92(73,74)75)65-91(71,72)30-10-2-6-23-35(30)44-56-40(23)55-43-34-22(5-1-9-29(34)90(51,69)70)39(54-43)58-45-37-25(8-4-12-32(37)94(79,80)81)42(60-45)61-46-36-24(41(57-44)59-46)7-3-11-31(36)93(76,77)78;/h1-14,17-19,65H,15-16H2,(H10-2,51,52,53,54,55,56,57,58,59,60,61,62,63,64,66,69,70,73,74,75,76,77,78,79,80,81,82,83,84,85,86,87);/q-2;. The third kappa shape index (κ3) is 13.6. The van der Waals surface area contributed by atoms with Gasteiger partial charge in [-0.2, -0.15) is 57.0 Å². The molecule has 48 heteroatoms. The van der Waals surface area contributed by atoms with Gasteiger partial charge in [0.25, 0.3) is 50.5 Å². The number of sulfone groups is 1. The minimum Gasteiger partial charge on any atom is -0.504 e. The summed E-state index contributed by atoms with van der Waals surface area (Å²) in [6, 6.07) is 17.2. The molecular formula is C49H32ClCuN15O23S8-2. The van der Waals surface area contributed by atoms with Gasteiger partial charge in [0.1, 0.15) is 19.6 Å². The molecule has 6 heterocycles. The van der Waals surface area contributed by atoms with Crippen molar-refractivity contribution in [2.75, 3.05) is 27.7 Å². The molecule has 1 radical (unpaired) electrons. The van der Waals surface area contributed by atoms with Crippen molar-refractivity contribution in [2.45, 2.75) is 34.3 Å². The van der Waals surface area contributed by atoms with Crippen LogP contribution in [0.15, 0.2) is 137 Å². The number of aromatic hydroxyl groups is 1. The molecule has 0 fully saturated rings. The van der Waals surface area contributed by atoms with E-state index in [1.807, 2.05) is 0 Å². The zero-order valence-corrected chi connectivity index (χ0v) is 55.0. The van der Waals surface area contributed by atoms with E-state index in [0.717, 1.165) is 36.4 Å². The summed E-state index contributed by atoms with van der Waals surface area (Å²) in [4.78, 5) is 41.4. The van der Waals surface area contributed by atoms with Crippen molar-refractivity contribution >= 4 is 165 Å². The monoisotopic (exact) mass is 1550 g/mol. The SMILES string of the molecule is NS(=O)(=O)c1cccc2c1-c1nc-2nc2[n-]c(nc3nc(nc4[n-]c(n1)c1cccc(S(=O)(=O)Nc5ccc(S(=O)(=O)O)c(Nc6nc(Cl)nc(Nc7cc(S(=O)(=O)CCOS(=O)(=O)O)cc(S(=O)(=O)O)c7O)n6)c5)c41)-c1cccc(S(=O)(=O)O)c1-3)c1cccc(S(=O)(=O)O)c21.[Cu]. The van der Waals surface area contributed by atoms with Crippen LogP contribution in [0.5, 0.6) is 5.75 Å². The molecule has 509 valence electrons. The Morgan fingerprint density at radius 2 is 0.938 bits per heavy atom. The van der Waals surface area contributed by atoms with Gasteiger partial charge in [-0.3, -0.25) is 27.5 Å². The molecule has 12 rings (SSSR count). The van der Waals surface area contributed by atoms with Gasteiger partial charge in [0.2, 0.25) is 27.2 Å². The van der Waals surface area contributed by atoms with Crippen molar-refractivity contribution in [1.29, 1.82) is 0 Å². The predicted molar refractivity (Wildman–Crippen MR) is 331 cm³/mol. The number of rotatable bonds is 17. The Balaban J connectivity index is 0.00000954. The van der Waals surface area contributed by atoms with Gasteiger partial charge in [-0.1, -0.05) is 48.5 Å². The van der Waals surface area contributed by atoms with Crippen molar-refractivity contribution < 1.29 is 116 Å². The van der Waals surface area contributed by atoms with E-state index in [-0.39, 0.29) is 56.0 Å². The van der Waals surface area contributed by atoms with Crippen LogP contribution in [0, 0.1) is 0 Å². The van der Waals surface area contributed by atoms with Crippen LogP contribution in [0.3, 0.4) is 0 Å². The maximum absolute atomic E-state index is 15.1. The number of anilines is 5. The fourth-order valence-electron chi connectivity index (χ4n) is 9.86. The van der Waals surface area contributed by atoms with Gasteiger partial charge in [-0.05, 0) is 77.0 Å². The molecule has 0 aliphatic carbocycles. The molecule has 2 aliphatic rings. The number of sulfonamides is 2. The number of nitrogens with one attached hydrogen (secondary N) is 3. The van der Waals surface area contributed by atoms with Crippen LogP contribution in [0.2, 0.25) is 5.28 Å². The van der Waals surface area contributed by atoms with Crippen molar-refractivity contribution in [2.24, 2.45) is 5.14 Å². The molecule has 10 aromatic rings. The Morgan fingerprint density at radius 1 is 0.474 bits per heavy atom. The van der Waals surface area contributed by atoms with Crippen molar-refractivity contribution in [1.82, 2.24) is 54.8 Å². The summed E-state index contributed by atoms with van der Waals surface area (Å²) in [6.07, 6.45) is 0. The first kappa shape index (κ1) is 69.4. The molecule has 2 aliphatic heterocycles. The normalized spacial score (nSPS) is 13.0. The molecule has 6 aromatic carbocycles. The summed E-state index contributed by atoms with van der Waals surface area (Å²) >= 11 is 6.17. The van der Waals surface area contributed by atoms with E-state index in [2.05, 4.69) is 74.4 Å². The summed E-state index contributed by atoms with van der Waals surface area (Å²) in [5.41, 5.74) is -5.29. The maximum atomic E-state index is 15.1. The molecule has 38 nitrogen and oxygen atoms in total. The number of hydrogen-bond acceptors (Lipinski definition) is 29. The number of fused-ring (bicyclic) bond motifs is 20. The minimum absolute atomic E-state index is 0. The summed E-state index contributed by atoms with van der Waals surface area (Å²) in [6.45, 7) is -1.21. The third-order valence-corrected chi connectivity index (χ3v) is 21.9. The smallest absolute Gasteiger partial charge is 0.397 e. The first-order valence-electron chi connectivity index (χ1n) is 25.6. The average Bonchev–Trinajstić information content (AvgIpc) is 1.60. The Kier molecular flexibility index (Phi) is 17.3. The number of nitrogens with two attached hydrogens (primary N) is 1. The van der Waals surface area contributed by atoms with E-state index < -0.39 is 224 Å². The predicted octanol–water partition coefficient (Wildman–Crippen LogP) is 3.18. The van der Waals surface area contributed by atoms with Gasteiger partial charge in [0.15, 0.2) is 15.6 Å². The van der Waals surface area contributed by atoms with Gasteiger partial charge in [0, 0.05) is 72.7 Å². The first-order chi connectivity index (χ1) is 44.6. The second kappa shape index (κ2) is 24.2. The van der Waals surface area contributed by atoms with Crippen molar-refractivity contribution in [3.63, 3.8) is 0 Å². The Morgan fingerprint density at radius 3 is 1.45 bits per heavy atom. The van der Waals surface area contributed by atoms with Crippen LogP contribution in [0.25, 0.3) is 89.7 Å². The van der Waals surface area contributed by atoms with E-state index in [9.17, 15) is 82.2 Å². The van der Waals surface area contributed by atoms with Gasteiger partial charge in [-0.15, -0.1) is 0 Å². The molecule has 0 saturated carbocycles. The van der Waals surface area contributed by atoms with Crippen LogP contribution in [-0.2, 0) is 102 Å². The molecule has 0 atom stereocenters. The average molecular weight is 1550 g/mol. The Hall–Kier alpha value is -8.98. The Labute approximate surface area is 559 Å². The van der Waals surface area contributed by atoms with Crippen LogP contribution >= 0.6 is 11.6 Å². The molecule has 0 amide bonds. The number of halogens is 1. The number of phenols is 1. The van der Waals surface area contributed by atoms with E-state index in [1.54, 1.807) is 0 Å². The molecule has 11 N–H and O–H groups in total. The topological polar surface area (TPSA) is 610 Å². The summed E-state index contributed by atoms with van der Waals surface area (Å²) in [7, 11) is -41.0. The maximum Gasteiger partial charge on any atom is 0.397 e. The number of benzene rings is 6. The molecule has 97 heavy (non-hydrogen) atoms. The molecular weight excluding hydrogens is 1520 g/mol. The quantitative estimate of drug-likeness (QED) is 0.0355. The van der Waals surface area contributed by atoms with E-state index >= 15 is 8.42 Å². The van der Waals surface area contributed by atoms with Gasteiger partial charge in [-0.25, -0.2) is 44.5 Å². The summed E-state index contributed by atoms with van der Waals surface area (Å²) in [5, 5.41) is 19.3. The van der Waals surface area contributed by atoms with Gasteiger partial charge < -0.3 is 45.6 Å². The zero-order chi connectivity index (χ0) is 69.4. The Bertz CT molecular complexity index is 6280. The first-order valence-corrected chi connectivity index (χ1v) is 37.8. The van der Waals surface area contributed by atoms with Crippen LogP contribution in [-0.4, -0.2) is 152 Å². The van der Waals surface area contributed by atoms with E-state index in [4.69, 9.17) is 21.3 Å². The van der Waals surface area contributed by atoms with Gasteiger partial charge in [0.05, 0.1) is 67.4 Å². The van der Waals surface area contributed by atoms with Gasteiger partial charge >= 0.3 is 10.4 Å². The third-order valence-electron chi connectivity index (χ3n) is 13.7. The van der Waals surface area contributed by atoms with E-state index in [1.165, 1.54) is 48.5 Å². The second-order valence-corrected chi connectivity index (χ2v) is 32.1. The molecule has 8 bridgehead atoms. The largest absolute Gasteiger partial charge is 0.504 e. The summed E-state index contributed by atoms with van der Waals surface area (Å²) in [5.74, 6) is -6.23. The second-order valence-electron chi connectivity index (χ2n) is 19.8. The molecule has 4 aromatic heterocycles. The minimum atomic E-state index is -5.49. The number of phenolic OH excluding ortho intramolecular Hbond substituents is 1. The number of hydrogen-bond donors (Lipinski definition) is 10. The molecule has 0 spiro atoms. The number of primary sulfonamides is 1. The molecule has 0 unspecified atom stereocenters. The summed E-state index contributed by atoms with van der Waals surface area (Å²) < 4.78 is 264. The number of aromatic nitrogens is 11. The van der Waals surface area contributed by atoms with E-state index in [0.29, 0.717) is 12.1 Å².